The third-order valence-electron chi connectivity index (χ3n) is 1.27. The van der Waals surface area contributed by atoms with Gasteiger partial charge in [-0.25, -0.2) is 0 Å². The minimum absolute atomic E-state index is 0.124. The predicted molar refractivity (Wildman–Crippen MR) is 35.3 cm³/mol. The number of aliphatic hydroxyl groups excluding tert-OH is 2. The molecule has 3 nitrogen and oxygen atoms in total. The summed E-state index contributed by atoms with van der Waals surface area (Å²) in [6, 6.07) is 0. The molecule has 1 rings (SSSR count). The molecule has 0 bridgehead atoms. The van der Waals surface area contributed by atoms with Crippen LogP contribution in [0.3, 0.4) is 0 Å². The average Bonchev–Trinajstić information content (AvgIpc) is 1.80. The van der Waals surface area contributed by atoms with E-state index >= 15 is 0 Å². The molecule has 0 aromatic carbocycles. The van der Waals surface area contributed by atoms with Crippen molar-refractivity contribution in [2.75, 3.05) is 6.61 Å². The molecule has 1 aliphatic rings. The quantitative estimate of drug-likeness (QED) is 0.531. The van der Waals surface area contributed by atoms with Gasteiger partial charge in [-0.1, -0.05) is 15.9 Å². The highest BCUT2D eigenvalue weighted by Crippen LogP contribution is 2.19. The van der Waals surface area contributed by atoms with Gasteiger partial charge in [0, 0.05) is 0 Å². The van der Waals surface area contributed by atoms with Crippen LogP contribution >= 0.6 is 15.9 Å². The van der Waals surface area contributed by atoms with E-state index in [2.05, 4.69) is 15.9 Å². The molecule has 2 N–H and O–H groups in total. The SMILES string of the molecule is O[C@H]1CO[C@H](O)[C@H](Br)C1. The molecule has 0 aliphatic carbocycles. The Morgan fingerprint density at radius 3 is 2.56 bits per heavy atom. The molecule has 0 spiro atoms. The van der Waals surface area contributed by atoms with Gasteiger partial charge in [0.25, 0.3) is 0 Å². The number of halogens is 1. The zero-order valence-electron chi connectivity index (χ0n) is 4.83. The third-order valence-corrected chi connectivity index (χ3v) is 2.09. The Balaban J connectivity index is 2.35. The molecule has 4 heteroatoms. The number of hydrogen-bond acceptors (Lipinski definition) is 3. The zero-order valence-corrected chi connectivity index (χ0v) is 6.41. The molecule has 0 saturated carbocycles. The van der Waals surface area contributed by atoms with E-state index in [0.717, 1.165) is 0 Å². The monoisotopic (exact) mass is 196 g/mol. The minimum atomic E-state index is -0.756. The van der Waals surface area contributed by atoms with Crippen molar-refractivity contribution in [2.24, 2.45) is 0 Å². The first-order valence-electron chi connectivity index (χ1n) is 2.82. The summed E-state index contributed by atoms with van der Waals surface area (Å²) in [7, 11) is 0. The first kappa shape index (κ1) is 7.47. The van der Waals surface area contributed by atoms with Crippen LogP contribution in [0.25, 0.3) is 0 Å². The number of rotatable bonds is 0. The van der Waals surface area contributed by atoms with Gasteiger partial charge in [0.1, 0.15) is 0 Å². The van der Waals surface area contributed by atoms with Crippen molar-refractivity contribution in [1.82, 2.24) is 0 Å². The Hall–Kier alpha value is 0.360. The molecule has 1 fully saturated rings. The van der Waals surface area contributed by atoms with Gasteiger partial charge in [-0.3, -0.25) is 0 Å². The summed E-state index contributed by atoms with van der Waals surface area (Å²) in [5.41, 5.74) is 0. The van der Waals surface area contributed by atoms with Crippen molar-refractivity contribution in [2.45, 2.75) is 23.6 Å². The lowest BCUT2D eigenvalue weighted by Gasteiger charge is -2.26. The van der Waals surface area contributed by atoms with Crippen LogP contribution in [0, 0.1) is 0 Å². The number of alkyl halides is 1. The molecule has 0 aromatic heterocycles. The van der Waals surface area contributed by atoms with E-state index in [-0.39, 0.29) is 11.4 Å². The molecular weight excluding hydrogens is 188 g/mol. The van der Waals surface area contributed by atoms with Crippen molar-refractivity contribution < 1.29 is 14.9 Å². The van der Waals surface area contributed by atoms with Crippen LogP contribution in [-0.4, -0.2) is 34.0 Å². The van der Waals surface area contributed by atoms with E-state index in [1.54, 1.807) is 0 Å². The van der Waals surface area contributed by atoms with Crippen molar-refractivity contribution in [3.63, 3.8) is 0 Å². The Kier molecular flexibility index (Phi) is 2.46. The van der Waals surface area contributed by atoms with Crippen LogP contribution < -0.4 is 0 Å². The molecule has 0 amide bonds. The molecule has 1 saturated heterocycles. The van der Waals surface area contributed by atoms with Crippen molar-refractivity contribution in [3.05, 3.63) is 0 Å². The average molecular weight is 197 g/mol. The lowest BCUT2D eigenvalue weighted by molar-refractivity contribution is -0.149. The normalized spacial score (nSPS) is 45.0. The lowest BCUT2D eigenvalue weighted by atomic mass is 10.1. The molecule has 0 unspecified atom stereocenters. The maximum atomic E-state index is 8.93. The molecule has 1 aliphatic heterocycles. The Morgan fingerprint density at radius 2 is 2.11 bits per heavy atom. The largest absolute Gasteiger partial charge is 0.391 e. The second-order valence-electron chi connectivity index (χ2n) is 2.13. The highest BCUT2D eigenvalue weighted by Gasteiger charge is 2.26. The van der Waals surface area contributed by atoms with Gasteiger partial charge in [-0.15, -0.1) is 0 Å². The minimum Gasteiger partial charge on any atom is -0.391 e. The molecule has 3 atom stereocenters. The lowest BCUT2D eigenvalue weighted by Crippen LogP contribution is -2.37. The topological polar surface area (TPSA) is 49.7 Å². The Bertz CT molecular complexity index is 98.2. The van der Waals surface area contributed by atoms with Crippen LogP contribution in [0.1, 0.15) is 6.42 Å². The van der Waals surface area contributed by atoms with E-state index in [1.807, 2.05) is 0 Å². The Labute approximate surface area is 61.8 Å². The zero-order chi connectivity index (χ0) is 6.85. The molecular formula is C5H9BrO3. The number of aliphatic hydroxyl groups is 2. The van der Waals surface area contributed by atoms with E-state index in [1.165, 1.54) is 0 Å². The summed E-state index contributed by atoms with van der Waals surface area (Å²) < 4.78 is 4.76. The smallest absolute Gasteiger partial charge is 0.167 e. The van der Waals surface area contributed by atoms with Crippen LogP contribution in [0.2, 0.25) is 0 Å². The van der Waals surface area contributed by atoms with E-state index in [0.29, 0.717) is 6.42 Å². The van der Waals surface area contributed by atoms with Gasteiger partial charge in [0.15, 0.2) is 6.29 Å². The summed E-state index contributed by atoms with van der Waals surface area (Å²) in [5, 5.41) is 17.8. The molecule has 0 radical (unpaired) electrons. The summed E-state index contributed by atoms with van der Waals surface area (Å²) in [5.74, 6) is 0. The fourth-order valence-electron chi connectivity index (χ4n) is 0.758. The number of hydrogen-bond donors (Lipinski definition) is 2. The first-order chi connectivity index (χ1) is 4.20. The molecule has 9 heavy (non-hydrogen) atoms. The highest BCUT2D eigenvalue weighted by atomic mass is 79.9. The highest BCUT2D eigenvalue weighted by molar-refractivity contribution is 9.09. The van der Waals surface area contributed by atoms with Gasteiger partial charge >= 0.3 is 0 Å². The van der Waals surface area contributed by atoms with Crippen molar-refractivity contribution in [3.8, 4) is 0 Å². The molecule has 1 heterocycles. The van der Waals surface area contributed by atoms with E-state index in [4.69, 9.17) is 14.9 Å². The van der Waals surface area contributed by atoms with Gasteiger partial charge in [0.05, 0.1) is 17.5 Å². The summed E-state index contributed by atoms with van der Waals surface area (Å²) in [4.78, 5) is -0.124. The second kappa shape index (κ2) is 2.96. The van der Waals surface area contributed by atoms with Crippen molar-refractivity contribution >= 4 is 15.9 Å². The maximum Gasteiger partial charge on any atom is 0.167 e. The summed E-state index contributed by atoms with van der Waals surface area (Å²) in [6.07, 6.45) is -0.632. The summed E-state index contributed by atoms with van der Waals surface area (Å²) >= 11 is 3.16. The second-order valence-corrected chi connectivity index (χ2v) is 3.31. The molecule has 54 valence electrons. The van der Waals surface area contributed by atoms with Crippen LogP contribution in [0.5, 0.6) is 0 Å². The van der Waals surface area contributed by atoms with Gasteiger partial charge in [-0.05, 0) is 6.42 Å². The van der Waals surface area contributed by atoms with Crippen molar-refractivity contribution in [1.29, 1.82) is 0 Å². The third kappa shape index (κ3) is 1.89. The van der Waals surface area contributed by atoms with Crippen LogP contribution in [0.15, 0.2) is 0 Å². The standard InChI is InChI=1S/C5H9BrO3/c6-4-1-3(7)2-9-5(4)8/h3-5,7-8H,1-2H2/t3-,4-,5+/m1/s1. The van der Waals surface area contributed by atoms with Crippen LogP contribution in [-0.2, 0) is 4.74 Å². The van der Waals surface area contributed by atoms with Gasteiger partial charge < -0.3 is 14.9 Å². The van der Waals surface area contributed by atoms with Gasteiger partial charge in [-0.2, -0.15) is 0 Å². The fraction of sp³-hybridized carbons (Fsp3) is 1.00. The fourth-order valence-corrected chi connectivity index (χ4v) is 1.34. The van der Waals surface area contributed by atoms with Crippen LogP contribution in [0.4, 0.5) is 0 Å². The van der Waals surface area contributed by atoms with Gasteiger partial charge in [0.2, 0.25) is 0 Å². The number of ether oxygens (including phenoxy) is 1. The predicted octanol–water partition coefficient (Wildman–Crippen LogP) is -0.151. The first-order valence-corrected chi connectivity index (χ1v) is 3.73. The van der Waals surface area contributed by atoms with E-state index < -0.39 is 12.4 Å². The maximum absolute atomic E-state index is 8.93. The molecule has 0 aromatic rings. The Morgan fingerprint density at radius 1 is 1.44 bits per heavy atom. The van der Waals surface area contributed by atoms with E-state index in [9.17, 15) is 0 Å². The summed E-state index contributed by atoms with van der Waals surface area (Å²) in [6.45, 7) is 0.239.